The lowest BCUT2D eigenvalue weighted by Gasteiger charge is -1.99. The third-order valence-electron chi connectivity index (χ3n) is 2.24. The van der Waals surface area contributed by atoms with E-state index in [1.807, 2.05) is 10.6 Å². The van der Waals surface area contributed by atoms with E-state index in [2.05, 4.69) is 17.1 Å². The second-order valence-electron chi connectivity index (χ2n) is 3.35. The zero-order chi connectivity index (χ0) is 10.8. The van der Waals surface area contributed by atoms with E-state index in [4.69, 9.17) is 5.73 Å². The van der Waals surface area contributed by atoms with Crippen LogP contribution in [0.3, 0.4) is 0 Å². The first kappa shape index (κ1) is 9.64. The van der Waals surface area contributed by atoms with Crippen molar-refractivity contribution in [3.05, 3.63) is 29.7 Å². The molecular formula is C10H12N4O. The molecule has 0 radical (unpaired) electrons. The van der Waals surface area contributed by atoms with Crippen molar-refractivity contribution in [2.75, 3.05) is 0 Å². The van der Waals surface area contributed by atoms with Crippen molar-refractivity contribution < 1.29 is 4.79 Å². The van der Waals surface area contributed by atoms with Crippen molar-refractivity contribution >= 4 is 11.6 Å². The summed E-state index contributed by atoms with van der Waals surface area (Å²) in [5.41, 5.74) is 6.19. The lowest BCUT2D eigenvalue weighted by atomic mass is 10.2. The van der Waals surface area contributed by atoms with E-state index in [0.717, 1.165) is 18.7 Å². The number of carbonyl (C=O) groups is 1. The number of primary amides is 1. The number of rotatable bonds is 3. The van der Waals surface area contributed by atoms with Crippen LogP contribution in [0.25, 0.3) is 5.65 Å². The van der Waals surface area contributed by atoms with Crippen molar-refractivity contribution in [3.63, 3.8) is 0 Å². The highest BCUT2D eigenvalue weighted by molar-refractivity contribution is 5.98. The van der Waals surface area contributed by atoms with Crippen LogP contribution in [0.2, 0.25) is 0 Å². The van der Waals surface area contributed by atoms with Crippen molar-refractivity contribution in [1.29, 1.82) is 0 Å². The van der Waals surface area contributed by atoms with E-state index >= 15 is 0 Å². The van der Waals surface area contributed by atoms with E-state index in [0.29, 0.717) is 11.2 Å². The molecule has 0 unspecified atom stereocenters. The van der Waals surface area contributed by atoms with Gasteiger partial charge in [0.05, 0.1) is 5.56 Å². The molecule has 2 N–H and O–H groups in total. The number of aromatic nitrogens is 3. The summed E-state index contributed by atoms with van der Waals surface area (Å²) in [5, 5.41) is 8.00. The topological polar surface area (TPSA) is 73.3 Å². The Morgan fingerprint density at radius 2 is 2.33 bits per heavy atom. The molecule has 0 fully saturated rings. The molecule has 0 bridgehead atoms. The Labute approximate surface area is 86.9 Å². The highest BCUT2D eigenvalue weighted by Crippen LogP contribution is 2.10. The number of carbonyl (C=O) groups excluding carboxylic acids is 1. The minimum atomic E-state index is -0.476. The number of aryl methyl sites for hydroxylation is 1. The first-order valence-corrected chi connectivity index (χ1v) is 4.86. The van der Waals surface area contributed by atoms with E-state index in [-0.39, 0.29) is 0 Å². The lowest BCUT2D eigenvalue weighted by Crippen LogP contribution is -2.12. The Kier molecular flexibility index (Phi) is 2.37. The summed E-state index contributed by atoms with van der Waals surface area (Å²) < 4.78 is 1.81. The van der Waals surface area contributed by atoms with Crippen LogP contribution in [0.4, 0.5) is 0 Å². The largest absolute Gasteiger partial charge is 0.365 e. The minimum absolute atomic E-state index is 0.410. The maximum Gasteiger partial charge on any atom is 0.252 e. The third kappa shape index (κ3) is 1.56. The minimum Gasteiger partial charge on any atom is -0.365 e. The normalized spacial score (nSPS) is 10.7. The molecule has 0 saturated heterocycles. The molecule has 5 heteroatoms. The first-order valence-electron chi connectivity index (χ1n) is 4.86. The molecule has 0 aromatic carbocycles. The van der Waals surface area contributed by atoms with Crippen LogP contribution in [0.5, 0.6) is 0 Å². The quantitative estimate of drug-likeness (QED) is 0.802. The van der Waals surface area contributed by atoms with Gasteiger partial charge < -0.3 is 5.73 Å². The number of fused-ring (bicyclic) bond motifs is 1. The Morgan fingerprint density at radius 3 is 3.00 bits per heavy atom. The number of hydrogen-bond acceptors (Lipinski definition) is 3. The van der Waals surface area contributed by atoms with E-state index < -0.39 is 5.91 Å². The van der Waals surface area contributed by atoms with Crippen molar-refractivity contribution in [2.24, 2.45) is 5.73 Å². The molecule has 2 aromatic heterocycles. The number of amides is 1. The molecule has 2 aromatic rings. The van der Waals surface area contributed by atoms with E-state index in [1.54, 1.807) is 12.1 Å². The Balaban J connectivity index is 2.63. The first-order chi connectivity index (χ1) is 7.24. The third-order valence-corrected chi connectivity index (χ3v) is 2.24. The van der Waals surface area contributed by atoms with Crippen molar-refractivity contribution in [3.8, 4) is 0 Å². The SMILES string of the molecule is CCCc1nnc2c(C(N)=O)cccn12. The van der Waals surface area contributed by atoms with Gasteiger partial charge in [0, 0.05) is 12.6 Å². The standard InChI is InChI=1S/C10H12N4O/c1-2-4-8-12-13-10-7(9(11)15)5-3-6-14(8)10/h3,5-6H,2,4H2,1H3,(H2,11,15). The highest BCUT2D eigenvalue weighted by Gasteiger charge is 2.11. The predicted molar refractivity (Wildman–Crippen MR) is 55.5 cm³/mol. The van der Waals surface area contributed by atoms with Crippen LogP contribution in [0.15, 0.2) is 18.3 Å². The molecule has 0 spiro atoms. The molecule has 0 saturated carbocycles. The van der Waals surface area contributed by atoms with Crippen molar-refractivity contribution in [2.45, 2.75) is 19.8 Å². The molecule has 0 aliphatic heterocycles. The maximum atomic E-state index is 11.1. The van der Waals surface area contributed by atoms with Gasteiger partial charge in [0.2, 0.25) is 0 Å². The molecule has 15 heavy (non-hydrogen) atoms. The van der Waals surface area contributed by atoms with Crippen LogP contribution >= 0.6 is 0 Å². The number of pyridine rings is 1. The summed E-state index contributed by atoms with van der Waals surface area (Å²) in [6, 6.07) is 3.43. The fourth-order valence-electron chi connectivity index (χ4n) is 1.55. The monoisotopic (exact) mass is 204 g/mol. The van der Waals surface area contributed by atoms with Crippen molar-refractivity contribution in [1.82, 2.24) is 14.6 Å². The molecule has 0 atom stereocenters. The molecular weight excluding hydrogens is 192 g/mol. The zero-order valence-electron chi connectivity index (χ0n) is 8.47. The second-order valence-corrected chi connectivity index (χ2v) is 3.35. The van der Waals surface area contributed by atoms with Gasteiger partial charge in [-0.15, -0.1) is 10.2 Å². The van der Waals surface area contributed by atoms with Crippen LogP contribution in [-0.4, -0.2) is 20.5 Å². The summed E-state index contributed by atoms with van der Waals surface area (Å²) in [6.07, 6.45) is 3.66. The van der Waals surface area contributed by atoms with Crippen LogP contribution in [0.1, 0.15) is 29.5 Å². The Morgan fingerprint density at radius 1 is 1.53 bits per heavy atom. The average molecular weight is 204 g/mol. The molecule has 2 rings (SSSR count). The fourth-order valence-corrected chi connectivity index (χ4v) is 1.55. The second kappa shape index (κ2) is 3.68. The van der Waals surface area contributed by atoms with Crippen LogP contribution in [-0.2, 0) is 6.42 Å². The van der Waals surface area contributed by atoms with Gasteiger partial charge >= 0.3 is 0 Å². The van der Waals surface area contributed by atoms with Crippen LogP contribution < -0.4 is 5.73 Å². The molecule has 0 aliphatic rings. The number of hydrogen-bond donors (Lipinski definition) is 1. The van der Waals surface area contributed by atoms with Gasteiger partial charge in [-0.3, -0.25) is 9.20 Å². The average Bonchev–Trinajstić information content (AvgIpc) is 2.62. The summed E-state index contributed by atoms with van der Waals surface area (Å²) in [5.74, 6) is 0.381. The fraction of sp³-hybridized carbons (Fsp3) is 0.300. The van der Waals surface area contributed by atoms with Gasteiger partial charge in [0.1, 0.15) is 5.82 Å². The number of nitrogens with two attached hydrogens (primary N) is 1. The van der Waals surface area contributed by atoms with Gasteiger partial charge in [-0.1, -0.05) is 6.92 Å². The van der Waals surface area contributed by atoms with Gasteiger partial charge in [-0.05, 0) is 18.6 Å². The summed E-state index contributed by atoms with van der Waals surface area (Å²) in [7, 11) is 0. The lowest BCUT2D eigenvalue weighted by molar-refractivity contribution is 0.100. The van der Waals surface area contributed by atoms with Gasteiger partial charge in [-0.25, -0.2) is 0 Å². The molecule has 2 heterocycles. The predicted octanol–water partition coefficient (Wildman–Crippen LogP) is 0.781. The molecule has 78 valence electrons. The number of nitrogens with zero attached hydrogens (tertiary/aromatic N) is 3. The highest BCUT2D eigenvalue weighted by atomic mass is 16.1. The van der Waals surface area contributed by atoms with Gasteiger partial charge in [0.15, 0.2) is 5.65 Å². The molecule has 5 nitrogen and oxygen atoms in total. The Bertz CT molecular complexity index is 503. The van der Waals surface area contributed by atoms with E-state index in [1.165, 1.54) is 0 Å². The van der Waals surface area contributed by atoms with E-state index in [9.17, 15) is 4.79 Å². The van der Waals surface area contributed by atoms with Gasteiger partial charge in [0.25, 0.3) is 5.91 Å². The zero-order valence-corrected chi connectivity index (χ0v) is 8.47. The summed E-state index contributed by atoms with van der Waals surface area (Å²) in [6.45, 7) is 2.07. The molecule has 0 aliphatic carbocycles. The smallest absolute Gasteiger partial charge is 0.252 e. The molecule has 1 amide bonds. The summed E-state index contributed by atoms with van der Waals surface area (Å²) >= 11 is 0. The van der Waals surface area contributed by atoms with Gasteiger partial charge in [-0.2, -0.15) is 0 Å². The maximum absolute atomic E-state index is 11.1. The Hall–Kier alpha value is -1.91. The summed E-state index contributed by atoms with van der Waals surface area (Å²) in [4.78, 5) is 11.1. The van der Waals surface area contributed by atoms with Crippen LogP contribution in [0, 0.1) is 0 Å².